The van der Waals surface area contributed by atoms with E-state index in [0.717, 1.165) is 18.4 Å². The molecule has 0 radical (unpaired) electrons. The largest absolute Gasteiger partial charge is 0.468 e. The van der Waals surface area contributed by atoms with E-state index in [2.05, 4.69) is 77.6 Å². The minimum atomic E-state index is -0.279. The Bertz CT molecular complexity index is 1190. The Morgan fingerprint density at radius 1 is 1.03 bits per heavy atom. The third-order valence-corrected chi connectivity index (χ3v) is 8.18. The summed E-state index contributed by atoms with van der Waals surface area (Å²) < 4.78 is 5.37. The van der Waals surface area contributed by atoms with E-state index >= 15 is 0 Å². The third-order valence-electron chi connectivity index (χ3n) is 8.18. The average Bonchev–Trinajstić information content (AvgIpc) is 3.59. The van der Waals surface area contributed by atoms with Crippen LogP contribution in [0.15, 0.2) is 48.5 Å². The van der Waals surface area contributed by atoms with Crippen molar-refractivity contribution in [3.63, 3.8) is 0 Å². The fourth-order valence-electron chi connectivity index (χ4n) is 6.29. The first-order valence-corrected chi connectivity index (χ1v) is 12.8. The number of H-pyrrole nitrogens is 1. The van der Waals surface area contributed by atoms with Crippen LogP contribution in [-0.2, 0) is 16.0 Å². The van der Waals surface area contributed by atoms with Gasteiger partial charge in [-0.3, -0.25) is 9.69 Å². The summed E-state index contributed by atoms with van der Waals surface area (Å²) in [5, 5.41) is 5.16. The van der Waals surface area contributed by atoms with Gasteiger partial charge >= 0.3 is 5.97 Å². The van der Waals surface area contributed by atoms with Crippen LogP contribution in [0.3, 0.4) is 0 Å². The number of hydrogen-bond donors (Lipinski definition) is 2. The monoisotopic (exact) mass is 457 g/mol. The van der Waals surface area contributed by atoms with E-state index in [0.29, 0.717) is 24.4 Å². The predicted molar refractivity (Wildman–Crippen MR) is 135 cm³/mol. The first-order chi connectivity index (χ1) is 16.5. The molecule has 6 rings (SSSR count). The molecule has 3 aliphatic rings. The van der Waals surface area contributed by atoms with Gasteiger partial charge < -0.3 is 15.0 Å². The zero-order valence-electron chi connectivity index (χ0n) is 20.4. The second kappa shape index (κ2) is 8.54. The highest BCUT2D eigenvalue weighted by molar-refractivity contribution is 5.87. The molecular weight excluding hydrogens is 422 g/mol. The van der Waals surface area contributed by atoms with Gasteiger partial charge in [-0.25, -0.2) is 0 Å². The number of benzene rings is 2. The van der Waals surface area contributed by atoms with Crippen molar-refractivity contribution in [3.8, 4) is 0 Å². The van der Waals surface area contributed by atoms with Crippen molar-refractivity contribution in [1.29, 1.82) is 0 Å². The summed E-state index contributed by atoms with van der Waals surface area (Å²) in [5.74, 6) is 0.377. The van der Waals surface area contributed by atoms with Gasteiger partial charge in [0.25, 0.3) is 0 Å². The number of carbonyl (C=O) groups is 1. The second-order valence-electron chi connectivity index (χ2n) is 10.7. The molecule has 1 aliphatic carbocycles. The molecule has 1 saturated heterocycles. The van der Waals surface area contributed by atoms with Crippen LogP contribution < -0.4 is 5.32 Å². The number of aromatic amines is 1. The SMILES string of the molecule is COC(=O)[C@@H]1Cc2c([nH]c3ccccc23)[C@H]2C[C@@H](NC3CC3)C[C@@H](c3ccc(C(C)C)cc3)N21. The summed E-state index contributed by atoms with van der Waals surface area (Å²) in [7, 11) is 1.52. The van der Waals surface area contributed by atoms with E-state index in [1.165, 1.54) is 47.7 Å². The summed E-state index contributed by atoms with van der Waals surface area (Å²) in [5.41, 5.74) is 6.38. The fourth-order valence-corrected chi connectivity index (χ4v) is 6.29. The molecule has 1 saturated carbocycles. The summed E-state index contributed by atoms with van der Waals surface area (Å²) in [6, 6.07) is 18.7. The normalized spacial score (nSPS) is 26.9. The lowest BCUT2D eigenvalue weighted by Gasteiger charge is -2.51. The van der Waals surface area contributed by atoms with E-state index in [-0.39, 0.29) is 24.1 Å². The van der Waals surface area contributed by atoms with Crippen molar-refractivity contribution in [1.82, 2.24) is 15.2 Å². The molecule has 5 heteroatoms. The maximum absolute atomic E-state index is 13.2. The molecule has 3 heterocycles. The zero-order chi connectivity index (χ0) is 23.4. The van der Waals surface area contributed by atoms with Crippen LogP contribution in [0.1, 0.15) is 79.9 Å². The number of esters is 1. The molecule has 3 aromatic rings. The van der Waals surface area contributed by atoms with Crippen molar-refractivity contribution < 1.29 is 9.53 Å². The van der Waals surface area contributed by atoms with Crippen LogP contribution in [0.2, 0.25) is 0 Å². The number of carbonyl (C=O) groups excluding carboxylic acids is 1. The summed E-state index contributed by atoms with van der Waals surface area (Å²) >= 11 is 0. The van der Waals surface area contributed by atoms with Gasteiger partial charge in [0.2, 0.25) is 0 Å². The van der Waals surface area contributed by atoms with Gasteiger partial charge in [0, 0.05) is 41.1 Å². The number of para-hydroxylation sites is 1. The van der Waals surface area contributed by atoms with Gasteiger partial charge in [0.1, 0.15) is 6.04 Å². The number of ether oxygens (including phenoxy) is 1. The van der Waals surface area contributed by atoms with Crippen LogP contribution in [0.4, 0.5) is 0 Å². The van der Waals surface area contributed by atoms with Crippen LogP contribution in [-0.4, -0.2) is 41.1 Å². The van der Waals surface area contributed by atoms with E-state index in [9.17, 15) is 4.79 Å². The van der Waals surface area contributed by atoms with E-state index in [4.69, 9.17) is 4.74 Å². The van der Waals surface area contributed by atoms with Crippen molar-refractivity contribution in [3.05, 3.63) is 70.9 Å². The van der Waals surface area contributed by atoms with Crippen molar-refractivity contribution in [2.24, 2.45) is 0 Å². The van der Waals surface area contributed by atoms with Gasteiger partial charge in [0.15, 0.2) is 0 Å². The molecule has 2 N–H and O–H groups in total. The molecule has 1 aromatic heterocycles. The number of piperidine rings is 1. The fraction of sp³-hybridized carbons (Fsp3) is 0.483. The molecule has 178 valence electrons. The lowest BCUT2D eigenvalue weighted by atomic mass is 9.79. The number of aromatic nitrogens is 1. The standard InChI is InChI=1S/C29H35N3O2/c1-17(2)18-8-10-19(11-9-18)25-14-21(30-20-12-13-20)15-26-28-23(16-27(32(25)26)29(33)34-3)22-6-4-5-7-24(22)31-28/h4-11,17,20-21,25-27,30-31H,12-16H2,1-3H3/t21-,25-,26+,27-/m0/s1. The molecule has 0 spiro atoms. The number of fused-ring (bicyclic) bond motifs is 5. The molecule has 34 heavy (non-hydrogen) atoms. The van der Waals surface area contributed by atoms with Crippen LogP contribution in [0.25, 0.3) is 10.9 Å². The van der Waals surface area contributed by atoms with E-state index in [1.807, 2.05) is 0 Å². The Labute approximate surface area is 201 Å². The summed E-state index contributed by atoms with van der Waals surface area (Å²) in [6.07, 6.45) is 5.26. The van der Waals surface area contributed by atoms with Gasteiger partial charge in [-0.15, -0.1) is 0 Å². The zero-order valence-corrected chi connectivity index (χ0v) is 20.4. The molecule has 2 fully saturated rings. The highest BCUT2D eigenvalue weighted by Gasteiger charge is 2.48. The van der Waals surface area contributed by atoms with Crippen molar-refractivity contribution >= 4 is 16.9 Å². The number of hydrogen-bond acceptors (Lipinski definition) is 4. The van der Waals surface area contributed by atoms with Gasteiger partial charge in [-0.2, -0.15) is 0 Å². The lowest BCUT2D eigenvalue weighted by Crippen LogP contribution is -2.55. The molecule has 4 atom stereocenters. The molecule has 0 unspecified atom stereocenters. The number of nitrogens with one attached hydrogen (secondary N) is 2. The molecule has 0 bridgehead atoms. The van der Waals surface area contributed by atoms with Crippen molar-refractivity contribution in [2.75, 3.05) is 7.11 Å². The summed E-state index contributed by atoms with van der Waals surface area (Å²) in [4.78, 5) is 19.4. The lowest BCUT2D eigenvalue weighted by molar-refractivity contribution is -0.152. The second-order valence-corrected chi connectivity index (χ2v) is 10.7. The Hall–Kier alpha value is -2.63. The maximum atomic E-state index is 13.2. The first-order valence-electron chi connectivity index (χ1n) is 12.8. The Balaban J connectivity index is 1.46. The number of nitrogens with zero attached hydrogens (tertiary/aromatic N) is 1. The minimum Gasteiger partial charge on any atom is -0.468 e. The van der Waals surface area contributed by atoms with Crippen LogP contribution in [0, 0.1) is 0 Å². The number of rotatable bonds is 5. The predicted octanol–water partition coefficient (Wildman–Crippen LogP) is 5.39. The molecule has 0 amide bonds. The molecule has 5 nitrogen and oxygen atoms in total. The molecular formula is C29H35N3O2. The van der Waals surface area contributed by atoms with Crippen LogP contribution in [0.5, 0.6) is 0 Å². The Morgan fingerprint density at radius 3 is 2.47 bits per heavy atom. The summed E-state index contributed by atoms with van der Waals surface area (Å²) in [6.45, 7) is 4.47. The first kappa shape index (κ1) is 21.9. The smallest absolute Gasteiger partial charge is 0.323 e. The van der Waals surface area contributed by atoms with E-state index in [1.54, 1.807) is 0 Å². The Morgan fingerprint density at radius 2 is 1.76 bits per heavy atom. The van der Waals surface area contributed by atoms with E-state index < -0.39 is 0 Å². The van der Waals surface area contributed by atoms with Crippen molar-refractivity contribution in [2.45, 2.75) is 82.1 Å². The molecule has 2 aromatic carbocycles. The average molecular weight is 458 g/mol. The number of methoxy groups -OCH3 is 1. The maximum Gasteiger partial charge on any atom is 0.323 e. The quantitative estimate of drug-likeness (QED) is 0.505. The highest BCUT2D eigenvalue weighted by Crippen LogP contribution is 2.49. The highest BCUT2D eigenvalue weighted by atomic mass is 16.5. The topological polar surface area (TPSA) is 57.4 Å². The van der Waals surface area contributed by atoms with Gasteiger partial charge in [0.05, 0.1) is 13.2 Å². The minimum absolute atomic E-state index is 0.127. The Kier molecular flexibility index (Phi) is 5.50. The molecule has 2 aliphatic heterocycles. The third kappa shape index (κ3) is 3.75. The van der Waals surface area contributed by atoms with Gasteiger partial charge in [-0.05, 0) is 54.4 Å². The van der Waals surface area contributed by atoms with Gasteiger partial charge in [-0.1, -0.05) is 56.3 Å². The van der Waals surface area contributed by atoms with Crippen LogP contribution >= 0.6 is 0 Å².